The first-order valence-electron chi connectivity index (χ1n) is 6.60. The van der Waals surface area contributed by atoms with Crippen LogP contribution < -0.4 is 0 Å². The highest BCUT2D eigenvalue weighted by molar-refractivity contribution is 5.72. The van der Waals surface area contributed by atoms with Gasteiger partial charge in [-0.05, 0) is 38.1 Å². The Labute approximate surface area is 124 Å². The van der Waals surface area contributed by atoms with Gasteiger partial charge in [-0.15, -0.1) is 0 Å². The molecular weight excluding hydrogens is 299 g/mol. The van der Waals surface area contributed by atoms with Crippen LogP contribution in [0.25, 0.3) is 11.5 Å². The number of hydrogen-bond donors (Lipinski definition) is 0. The van der Waals surface area contributed by atoms with Gasteiger partial charge in [-0.2, -0.15) is 13.2 Å². The number of aryl methyl sites for hydroxylation is 1. The highest BCUT2D eigenvalue weighted by Crippen LogP contribution is 2.31. The van der Waals surface area contributed by atoms with E-state index in [1.807, 2.05) is 0 Å². The summed E-state index contributed by atoms with van der Waals surface area (Å²) in [4.78, 5) is 15.6. The van der Waals surface area contributed by atoms with Crippen LogP contribution in [0.15, 0.2) is 28.7 Å². The number of ether oxygens (including phenoxy) is 1. The standard InChI is InChI=1S/C15H14F3NO3/c1-3-21-13(20)8-12-9(2)19-14(22-12)10-4-6-11(7-5-10)15(16,17)18/h4-7H,3,8H2,1-2H3. The van der Waals surface area contributed by atoms with E-state index in [9.17, 15) is 18.0 Å². The molecule has 0 N–H and O–H groups in total. The zero-order valence-electron chi connectivity index (χ0n) is 12.0. The summed E-state index contributed by atoms with van der Waals surface area (Å²) < 4.78 is 47.8. The largest absolute Gasteiger partial charge is 0.466 e. The molecule has 0 aliphatic carbocycles. The highest BCUT2D eigenvalue weighted by atomic mass is 19.4. The van der Waals surface area contributed by atoms with Gasteiger partial charge >= 0.3 is 12.1 Å². The monoisotopic (exact) mass is 313 g/mol. The summed E-state index contributed by atoms with van der Waals surface area (Å²) in [6.45, 7) is 3.61. The van der Waals surface area contributed by atoms with Crippen molar-refractivity contribution in [1.82, 2.24) is 4.98 Å². The molecule has 7 heteroatoms. The van der Waals surface area contributed by atoms with Crippen molar-refractivity contribution in [3.8, 4) is 11.5 Å². The molecule has 2 rings (SSSR count). The van der Waals surface area contributed by atoms with Gasteiger partial charge in [-0.1, -0.05) is 0 Å². The summed E-state index contributed by atoms with van der Waals surface area (Å²) in [5.41, 5.74) is 0.167. The summed E-state index contributed by atoms with van der Waals surface area (Å²) in [5.74, 6) is 0.0691. The molecule has 1 heterocycles. The number of esters is 1. The Morgan fingerprint density at radius 1 is 1.27 bits per heavy atom. The van der Waals surface area contributed by atoms with E-state index in [1.165, 1.54) is 12.1 Å². The van der Waals surface area contributed by atoms with E-state index in [1.54, 1.807) is 13.8 Å². The maximum absolute atomic E-state index is 12.5. The quantitative estimate of drug-likeness (QED) is 0.806. The lowest BCUT2D eigenvalue weighted by atomic mass is 10.1. The SMILES string of the molecule is CCOC(=O)Cc1oc(-c2ccc(C(F)(F)F)cc2)nc1C. The van der Waals surface area contributed by atoms with Crippen LogP contribution >= 0.6 is 0 Å². The lowest BCUT2D eigenvalue weighted by molar-refractivity contribution is -0.142. The Kier molecular flexibility index (Phi) is 4.54. The van der Waals surface area contributed by atoms with E-state index in [-0.39, 0.29) is 18.9 Å². The van der Waals surface area contributed by atoms with Crippen molar-refractivity contribution in [2.24, 2.45) is 0 Å². The molecule has 1 aromatic heterocycles. The van der Waals surface area contributed by atoms with Crippen molar-refractivity contribution in [2.75, 3.05) is 6.61 Å². The zero-order chi connectivity index (χ0) is 16.3. The van der Waals surface area contributed by atoms with E-state index >= 15 is 0 Å². The number of rotatable bonds is 4. The van der Waals surface area contributed by atoms with Gasteiger partial charge < -0.3 is 9.15 Å². The molecule has 0 spiro atoms. The van der Waals surface area contributed by atoms with Crippen LogP contribution in [0.5, 0.6) is 0 Å². The van der Waals surface area contributed by atoms with Gasteiger partial charge in [-0.25, -0.2) is 4.98 Å². The molecule has 0 unspecified atom stereocenters. The predicted octanol–water partition coefficient (Wildman–Crippen LogP) is 3.77. The van der Waals surface area contributed by atoms with Crippen LogP contribution in [0.3, 0.4) is 0 Å². The van der Waals surface area contributed by atoms with E-state index in [2.05, 4.69) is 4.98 Å². The summed E-state index contributed by atoms with van der Waals surface area (Å²) in [6, 6.07) is 4.48. The fourth-order valence-corrected chi connectivity index (χ4v) is 1.86. The topological polar surface area (TPSA) is 52.3 Å². The second-order valence-electron chi connectivity index (χ2n) is 4.58. The molecule has 0 aliphatic heterocycles. The number of nitrogens with zero attached hydrogens (tertiary/aromatic N) is 1. The number of oxazole rings is 1. The summed E-state index contributed by atoms with van der Waals surface area (Å²) in [7, 11) is 0. The first-order valence-corrected chi connectivity index (χ1v) is 6.60. The highest BCUT2D eigenvalue weighted by Gasteiger charge is 2.30. The van der Waals surface area contributed by atoms with E-state index < -0.39 is 17.7 Å². The normalized spacial score (nSPS) is 11.5. The van der Waals surface area contributed by atoms with Gasteiger partial charge in [0.05, 0.1) is 17.9 Å². The average Bonchev–Trinajstić information content (AvgIpc) is 2.79. The van der Waals surface area contributed by atoms with Crippen LogP contribution in [0, 0.1) is 6.92 Å². The number of alkyl halides is 3. The van der Waals surface area contributed by atoms with E-state index in [0.29, 0.717) is 17.0 Å². The minimum absolute atomic E-state index is 0.0622. The van der Waals surface area contributed by atoms with Crippen molar-refractivity contribution in [3.05, 3.63) is 41.3 Å². The zero-order valence-corrected chi connectivity index (χ0v) is 12.0. The molecule has 0 fully saturated rings. The molecule has 0 radical (unpaired) electrons. The van der Waals surface area contributed by atoms with Crippen molar-refractivity contribution >= 4 is 5.97 Å². The maximum Gasteiger partial charge on any atom is 0.416 e. The van der Waals surface area contributed by atoms with Crippen molar-refractivity contribution in [2.45, 2.75) is 26.4 Å². The molecule has 0 saturated carbocycles. The lowest BCUT2D eigenvalue weighted by Gasteiger charge is -2.06. The van der Waals surface area contributed by atoms with Crippen LogP contribution in [0.1, 0.15) is 23.9 Å². The van der Waals surface area contributed by atoms with Crippen molar-refractivity contribution < 1.29 is 27.1 Å². The summed E-state index contributed by atoms with van der Waals surface area (Å²) in [6.07, 6.45) is -4.45. The third-order valence-electron chi connectivity index (χ3n) is 2.96. The van der Waals surface area contributed by atoms with Gasteiger partial charge in [0.1, 0.15) is 12.2 Å². The number of hydrogen-bond acceptors (Lipinski definition) is 4. The first-order chi connectivity index (χ1) is 10.3. The number of halogens is 3. The van der Waals surface area contributed by atoms with E-state index in [0.717, 1.165) is 12.1 Å². The molecule has 118 valence electrons. The predicted molar refractivity (Wildman–Crippen MR) is 72.0 cm³/mol. The minimum atomic E-state index is -4.39. The number of carbonyl (C=O) groups is 1. The molecule has 22 heavy (non-hydrogen) atoms. The van der Waals surface area contributed by atoms with Gasteiger partial charge in [-0.3, -0.25) is 4.79 Å². The van der Waals surface area contributed by atoms with Crippen LogP contribution in [0.2, 0.25) is 0 Å². The fraction of sp³-hybridized carbons (Fsp3) is 0.333. The van der Waals surface area contributed by atoms with Crippen molar-refractivity contribution in [3.63, 3.8) is 0 Å². The second-order valence-corrected chi connectivity index (χ2v) is 4.58. The van der Waals surface area contributed by atoms with Crippen LogP contribution in [-0.2, 0) is 22.1 Å². The third-order valence-corrected chi connectivity index (χ3v) is 2.96. The van der Waals surface area contributed by atoms with Gasteiger partial charge in [0.25, 0.3) is 0 Å². The van der Waals surface area contributed by atoms with Crippen LogP contribution in [0.4, 0.5) is 13.2 Å². The Morgan fingerprint density at radius 2 is 1.91 bits per heavy atom. The molecule has 2 aromatic rings. The molecule has 0 aliphatic rings. The number of aromatic nitrogens is 1. The van der Waals surface area contributed by atoms with Crippen LogP contribution in [-0.4, -0.2) is 17.6 Å². The molecule has 0 bridgehead atoms. The fourth-order valence-electron chi connectivity index (χ4n) is 1.86. The molecular formula is C15H14F3NO3. The average molecular weight is 313 g/mol. The van der Waals surface area contributed by atoms with Gasteiger partial charge in [0.2, 0.25) is 5.89 Å². The summed E-state index contributed by atoms with van der Waals surface area (Å²) >= 11 is 0. The summed E-state index contributed by atoms with van der Waals surface area (Å²) in [5, 5.41) is 0. The van der Waals surface area contributed by atoms with Crippen molar-refractivity contribution in [1.29, 1.82) is 0 Å². The Bertz CT molecular complexity index is 660. The minimum Gasteiger partial charge on any atom is -0.466 e. The molecule has 0 amide bonds. The molecule has 4 nitrogen and oxygen atoms in total. The molecule has 0 saturated heterocycles. The Hall–Kier alpha value is -2.31. The van der Waals surface area contributed by atoms with Gasteiger partial charge in [0, 0.05) is 5.56 Å². The lowest BCUT2D eigenvalue weighted by Crippen LogP contribution is -2.07. The third kappa shape index (κ3) is 3.66. The number of benzene rings is 1. The molecule has 1 aromatic carbocycles. The maximum atomic E-state index is 12.5. The smallest absolute Gasteiger partial charge is 0.416 e. The Morgan fingerprint density at radius 3 is 2.45 bits per heavy atom. The van der Waals surface area contributed by atoms with Gasteiger partial charge in [0.15, 0.2) is 0 Å². The van der Waals surface area contributed by atoms with E-state index in [4.69, 9.17) is 9.15 Å². The second kappa shape index (κ2) is 6.21. The number of carbonyl (C=O) groups excluding carboxylic acids is 1. The molecule has 0 atom stereocenters. The Balaban J connectivity index is 2.21. The first kappa shape index (κ1) is 16.1.